The summed E-state index contributed by atoms with van der Waals surface area (Å²) < 4.78 is 1.60. The van der Waals surface area contributed by atoms with E-state index in [4.69, 9.17) is 0 Å². The molecule has 2 heterocycles. The summed E-state index contributed by atoms with van der Waals surface area (Å²) in [6, 6.07) is 0.190. The summed E-state index contributed by atoms with van der Waals surface area (Å²) in [6.07, 6.45) is 4.30. The van der Waals surface area contributed by atoms with Crippen molar-refractivity contribution in [2.45, 2.75) is 26.3 Å². The fourth-order valence-corrected chi connectivity index (χ4v) is 2.51. The van der Waals surface area contributed by atoms with Crippen LogP contribution in [0.3, 0.4) is 0 Å². The molecule has 1 atom stereocenters. The molecule has 6 nitrogen and oxygen atoms in total. The van der Waals surface area contributed by atoms with Gasteiger partial charge in [0.05, 0.1) is 17.5 Å². The number of nitrogens with zero attached hydrogens (tertiary/aromatic N) is 3. The van der Waals surface area contributed by atoms with E-state index in [0.29, 0.717) is 10.7 Å². The third kappa shape index (κ3) is 3.64. The van der Waals surface area contributed by atoms with Crippen LogP contribution in [0.15, 0.2) is 17.8 Å². The monoisotopic (exact) mass is 293 g/mol. The second-order valence-corrected chi connectivity index (χ2v) is 5.47. The molecule has 0 radical (unpaired) electrons. The van der Waals surface area contributed by atoms with Gasteiger partial charge in [-0.25, -0.2) is 4.98 Å². The summed E-state index contributed by atoms with van der Waals surface area (Å²) in [5, 5.41) is 12.7. The van der Waals surface area contributed by atoms with Crippen LogP contribution < -0.4 is 10.6 Å². The standard InChI is InChI=1S/C13H19N5OS/c1-4-5-14-9(2)11-8-20-13(16-11)17-12(19)10-6-15-18(3)7-10/h6-9,14H,4-5H2,1-3H3,(H,16,17,19). The van der Waals surface area contributed by atoms with Crippen molar-refractivity contribution in [1.82, 2.24) is 20.1 Å². The minimum atomic E-state index is -0.187. The number of hydrogen-bond donors (Lipinski definition) is 2. The second-order valence-electron chi connectivity index (χ2n) is 4.61. The molecule has 0 aliphatic heterocycles. The first-order chi connectivity index (χ1) is 9.60. The maximum absolute atomic E-state index is 12.0. The summed E-state index contributed by atoms with van der Waals surface area (Å²) in [5.41, 5.74) is 1.48. The summed E-state index contributed by atoms with van der Waals surface area (Å²) >= 11 is 1.43. The van der Waals surface area contributed by atoms with Crippen LogP contribution in [0, 0.1) is 0 Å². The Labute approximate surface area is 122 Å². The van der Waals surface area contributed by atoms with Gasteiger partial charge in [0, 0.05) is 24.7 Å². The fraction of sp³-hybridized carbons (Fsp3) is 0.462. The van der Waals surface area contributed by atoms with E-state index in [2.05, 4.69) is 34.6 Å². The number of rotatable bonds is 6. The number of amides is 1. The Morgan fingerprint density at radius 3 is 3.00 bits per heavy atom. The molecule has 7 heteroatoms. The maximum atomic E-state index is 12.0. The highest BCUT2D eigenvalue weighted by Crippen LogP contribution is 2.21. The van der Waals surface area contributed by atoms with E-state index in [-0.39, 0.29) is 11.9 Å². The fourth-order valence-electron chi connectivity index (χ4n) is 1.72. The predicted molar refractivity (Wildman–Crippen MR) is 80.0 cm³/mol. The van der Waals surface area contributed by atoms with Gasteiger partial charge in [-0.1, -0.05) is 6.92 Å². The Bertz CT molecular complexity index is 577. The Morgan fingerprint density at radius 2 is 2.35 bits per heavy atom. The van der Waals surface area contributed by atoms with Crippen LogP contribution in [0.1, 0.15) is 42.4 Å². The molecule has 2 N–H and O–H groups in total. The maximum Gasteiger partial charge on any atom is 0.260 e. The number of thiazole rings is 1. The van der Waals surface area contributed by atoms with Crippen LogP contribution in [-0.4, -0.2) is 27.2 Å². The number of carbonyl (C=O) groups is 1. The molecule has 20 heavy (non-hydrogen) atoms. The molecule has 1 unspecified atom stereocenters. The molecule has 0 aliphatic rings. The van der Waals surface area contributed by atoms with Gasteiger partial charge in [0.15, 0.2) is 5.13 Å². The lowest BCUT2D eigenvalue weighted by Gasteiger charge is -2.09. The molecule has 108 valence electrons. The van der Waals surface area contributed by atoms with Crippen molar-refractivity contribution in [1.29, 1.82) is 0 Å². The molecule has 1 amide bonds. The topological polar surface area (TPSA) is 71.8 Å². The van der Waals surface area contributed by atoms with Gasteiger partial charge in [-0.15, -0.1) is 11.3 Å². The quantitative estimate of drug-likeness (QED) is 0.856. The zero-order valence-electron chi connectivity index (χ0n) is 11.9. The summed E-state index contributed by atoms with van der Waals surface area (Å²) in [7, 11) is 1.78. The van der Waals surface area contributed by atoms with Crippen LogP contribution in [0.4, 0.5) is 5.13 Å². The SMILES string of the molecule is CCCNC(C)c1csc(NC(=O)c2cnn(C)c2)n1. The van der Waals surface area contributed by atoms with Gasteiger partial charge >= 0.3 is 0 Å². The van der Waals surface area contributed by atoms with Crippen LogP contribution in [-0.2, 0) is 7.05 Å². The molecular weight excluding hydrogens is 274 g/mol. The van der Waals surface area contributed by atoms with Crippen LogP contribution in [0.25, 0.3) is 0 Å². The highest BCUT2D eigenvalue weighted by Gasteiger charge is 2.13. The first-order valence-corrected chi connectivity index (χ1v) is 7.47. The lowest BCUT2D eigenvalue weighted by atomic mass is 10.2. The largest absolute Gasteiger partial charge is 0.309 e. The van der Waals surface area contributed by atoms with Gasteiger partial charge in [-0.3, -0.25) is 14.8 Å². The Balaban J connectivity index is 1.97. The second kappa shape index (κ2) is 6.62. The van der Waals surface area contributed by atoms with Crippen molar-refractivity contribution < 1.29 is 4.79 Å². The number of aryl methyl sites for hydroxylation is 1. The van der Waals surface area contributed by atoms with Crippen molar-refractivity contribution in [2.24, 2.45) is 7.05 Å². The number of anilines is 1. The summed E-state index contributed by atoms with van der Waals surface area (Å²) in [5.74, 6) is -0.187. The van der Waals surface area contributed by atoms with Crippen LogP contribution in [0.2, 0.25) is 0 Å². The van der Waals surface area contributed by atoms with E-state index >= 15 is 0 Å². The van der Waals surface area contributed by atoms with Crippen molar-refractivity contribution in [3.05, 3.63) is 29.0 Å². The average Bonchev–Trinajstić information content (AvgIpc) is 3.05. The first kappa shape index (κ1) is 14.7. The van der Waals surface area contributed by atoms with Crippen molar-refractivity contribution in [2.75, 3.05) is 11.9 Å². The highest BCUT2D eigenvalue weighted by atomic mass is 32.1. The van der Waals surface area contributed by atoms with E-state index in [1.165, 1.54) is 17.5 Å². The van der Waals surface area contributed by atoms with Gasteiger partial charge in [0.25, 0.3) is 5.91 Å². The van der Waals surface area contributed by atoms with E-state index < -0.39 is 0 Å². The van der Waals surface area contributed by atoms with Gasteiger partial charge in [-0.2, -0.15) is 5.10 Å². The van der Waals surface area contributed by atoms with Crippen molar-refractivity contribution in [3.8, 4) is 0 Å². The lowest BCUT2D eigenvalue weighted by Crippen LogP contribution is -2.19. The van der Waals surface area contributed by atoms with E-state index in [0.717, 1.165) is 18.7 Å². The molecule has 0 fully saturated rings. The van der Waals surface area contributed by atoms with Gasteiger partial charge in [0.1, 0.15) is 0 Å². The van der Waals surface area contributed by atoms with Crippen LogP contribution in [0.5, 0.6) is 0 Å². The molecule has 0 spiro atoms. The smallest absolute Gasteiger partial charge is 0.260 e. The van der Waals surface area contributed by atoms with Crippen molar-refractivity contribution >= 4 is 22.4 Å². The lowest BCUT2D eigenvalue weighted by molar-refractivity contribution is 0.102. The number of carbonyl (C=O) groups excluding carboxylic acids is 1. The Kier molecular flexibility index (Phi) is 4.86. The van der Waals surface area contributed by atoms with Gasteiger partial charge in [-0.05, 0) is 19.9 Å². The number of aromatic nitrogens is 3. The third-order valence-corrected chi connectivity index (χ3v) is 3.63. The number of nitrogens with one attached hydrogen (secondary N) is 2. The molecular formula is C13H19N5OS. The van der Waals surface area contributed by atoms with E-state index in [1.807, 2.05) is 5.38 Å². The van der Waals surface area contributed by atoms with E-state index in [1.54, 1.807) is 17.9 Å². The first-order valence-electron chi connectivity index (χ1n) is 6.59. The molecule has 0 aliphatic carbocycles. The molecule has 0 aromatic carbocycles. The van der Waals surface area contributed by atoms with Gasteiger partial charge in [0.2, 0.25) is 0 Å². The summed E-state index contributed by atoms with van der Waals surface area (Å²) in [4.78, 5) is 16.4. The zero-order chi connectivity index (χ0) is 14.5. The van der Waals surface area contributed by atoms with Crippen LogP contribution >= 0.6 is 11.3 Å². The Hall–Kier alpha value is -1.73. The molecule has 0 bridgehead atoms. The molecule has 2 rings (SSSR count). The minimum Gasteiger partial charge on any atom is -0.309 e. The highest BCUT2D eigenvalue weighted by molar-refractivity contribution is 7.14. The molecule has 0 saturated heterocycles. The molecule has 2 aromatic rings. The average molecular weight is 293 g/mol. The third-order valence-electron chi connectivity index (χ3n) is 2.85. The predicted octanol–water partition coefficient (Wildman–Crippen LogP) is 2.19. The normalized spacial score (nSPS) is 12.3. The number of hydrogen-bond acceptors (Lipinski definition) is 5. The molecule has 2 aromatic heterocycles. The molecule has 0 saturated carbocycles. The van der Waals surface area contributed by atoms with Crippen molar-refractivity contribution in [3.63, 3.8) is 0 Å². The summed E-state index contributed by atoms with van der Waals surface area (Å²) in [6.45, 7) is 5.15. The van der Waals surface area contributed by atoms with E-state index in [9.17, 15) is 4.79 Å². The minimum absolute atomic E-state index is 0.187. The Morgan fingerprint density at radius 1 is 1.55 bits per heavy atom. The van der Waals surface area contributed by atoms with Gasteiger partial charge < -0.3 is 5.32 Å². The zero-order valence-corrected chi connectivity index (χ0v) is 12.7.